The third-order valence-corrected chi connectivity index (χ3v) is 4.26. The van der Waals surface area contributed by atoms with Gasteiger partial charge in [0.2, 0.25) is 0 Å². The van der Waals surface area contributed by atoms with Crippen LogP contribution in [0.4, 0.5) is 0 Å². The van der Waals surface area contributed by atoms with E-state index >= 15 is 0 Å². The molecule has 124 valence electrons. The maximum Gasteiger partial charge on any atom is 0.254 e. The Morgan fingerprint density at radius 2 is 1.75 bits per heavy atom. The van der Waals surface area contributed by atoms with Gasteiger partial charge in [0.25, 0.3) is 5.24 Å². The average molecular weight is 344 g/mol. The fourth-order valence-electron chi connectivity index (χ4n) is 2.89. The lowest BCUT2D eigenvalue weighted by atomic mass is 10.1. The van der Waals surface area contributed by atoms with E-state index in [-0.39, 0.29) is 0 Å². The number of benzene rings is 2. The van der Waals surface area contributed by atoms with Gasteiger partial charge in [-0.05, 0) is 48.9 Å². The Hall–Kier alpha value is -2.46. The molecule has 0 atom stereocenters. The number of methoxy groups -OCH3 is 1. The van der Waals surface area contributed by atoms with Gasteiger partial charge in [-0.3, -0.25) is 4.79 Å². The lowest BCUT2D eigenvalue weighted by Crippen LogP contribution is -2.10. The van der Waals surface area contributed by atoms with Crippen LogP contribution in [0.1, 0.15) is 16.1 Å². The fourth-order valence-corrected chi connectivity index (χ4v) is 3.13. The molecule has 4 nitrogen and oxygen atoms in total. The largest absolute Gasteiger partial charge is 0.497 e. The maximum atomic E-state index is 11.8. The molecule has 0 unspecified atom stereocenters. The number of carbonyl (C=O) groups is 1. The normalized spacial score (nSPS) is 10.8. The van der Waals surface area contributed by atoms with Crippen molar-refractivity contribution in [2.24, 2.45) is 0 Å². The average Bonchev–Trinajstić information content (AvgIpc) is 2.87. The second-order valence-corrected chi connectivity index (χ2v) is 5.77. The monoisotopic (exact) mass is 343 g/mol. The molecule has 5 heteroatoms. The van der Waals surface area contributed by atoms with Crippen LogP contribution in [0.3, 0.4) is 0 Å². The van der Waals surface area contributed by atoms with Crippen LogP contribution < -0.4 is 9.47 Å². The molecule has 0 bridgehead atoms. The summed E-state index contributed by atoms with van der Waals surface area (Å²) in [7, 11) is 1.63. The molecule has 24 heavy (non-hydrogen) atoms. The van der Waals surface area contributed by atoms with E-state index in [9.17, 15) is 4.79 Å². The standard InChI is InChI=1S/C19H18ClNO3/c1-13-18(19(20)22)16-5-3-4-6-17(16)21(13)11-12-24-15-9-7-14(23-2)8-10-15/h3-10H,11-12H2,1-2H3. The summed E-state index contributed by atoms with van der Waals surface area (Å²) in [5, 5.41) is 0.443. The molecule has 0 spiro atoms. The Morgan fingerprint density at radius 3 is 2.42 bits per heavy atom. The lowest BCUT2D eigenvalue weighted by molar-refractivity contribution is 0.108. The first kappa shape index (κ1) is 16.4. The third-order valence-electron chi connectivity index (χ3n) is 4.07. The van der Waals surface area contributed by atoms with E-state index in [0.29, 0.717) is 18.7 Å². The molecule has 0 aliphatic carbocycles. The molecule has 3 rings (SSSR count). The highest BCUT2D eigenvalue weighted by molar-refractivity contribution is 6.68. The minimum absolute atomic E-state index is 0.432. The number of aromatic nitrogens is 1. The van der Waals surface area contributed by atoms with Crippen molar-refractivity contribution in [3.05, 3.63) is 59.8 Å². The number of halogens is 1. The van der Waals surface area contributed by atoms with E-state index in [0.717, 1.165) is 28.1 Å². The van der Waals surface area contributed by atoms with E-state index in [1.54, 1.807) is 7.11 Å². The van der Waals surface area contributed by atoms with Gasteiger partial charge >= 0.3 is 0 Å². The molecule has 0 fully saturated rings. The number of hydrogen-bond donors (Lipinski definition) is 0. The van der Waals surface area contributed by atoms with Crippen LogP contribution in [0.5, 0.6) is 11.5 Å². The Kier molecular flexibility index (Phi) is 4.76. The van der Waals surface area contributed by atoms with E-state index in [1.165, 1.54) is 0 Å². The van der Waals surface area contributed by atoms with Crippen LogP contribution in [0.15, 0.2) is 48.5 Å². The van der Waals surface area contributed by atoms with Gasteiger partial charge in [0, 0.05) is 16.6 Å². The van der Waals surface area contributed by atoms with E-state index in [1.807, 2.05) is 55.5 Å². The SMILES string of the molecule is COc1ccc(OCCn2c(C)c(C(=O)Cl)c3ccccc32)cc1. The molecule has 0 saturated heterocycles. The van der Waals surface area contributed by atoms with Crippen molar-refractivity contribution in [1.29, 1.82) is 0 Å². The summed E-state index contributed by atoms with van der Waals surface area (Å²) in [4.78, 5) is 11.8. The third kappa shape index (κ3) is 3.10. The second-order valence-electron chi connectivity index (χ2n) is 5.43. The van der Waals surface area contributed by atoms with E-state index < -0.39 is 5.24 Å². The van der Waals surface area contributed by atoms with Crippen LogP contribution in [0.25, 0.3) is 10.9 Å². The lowest BCUT2D eigenvalue weighted by Gasteiger charge is -2.11. The van der Waals surface area contributed by atoms with Crippen LogP contribution in [-0.2, 0) is 6.54 Å². The van der Waals surface area contributed by atoms with Crippen LogP contribution in [0.2, 0.25) is 0 Å². The van der Waals surface area contributed by atoms with Crippen LogP contribution >= 0.6 is 11.6 Å². The molecule has 0 saturated carbocycles. The number of rotatable bonds is 6. The van der Waals surface area contributed by atoms with Gasteiger partial charge in [-0.1, -0.05) is 18.2 Å². The van der Waals surface area contributed by atoms with Crippen molar-refractivity contribution in [2.45, 2.75) is 13.5 Å². The minimum atomic E-state index is -0.432. The van der Waals surface area contributed by atoms with Gasteiger partial charge in [-0.25, -0.2) is 0 Å². The summed E-state index contributed by atoms with van der Waals surface area (Å²) in [6.45, 7) is 3.02. The van der Waals surface area contributed by atoms with E-state index in [2.05, 4.69) is 4.57 Å². The molecule has 1 heterocycles. The van der Waals surface area contributed by atoms with Crippen molar-refractivity contribution in [3.63, 3.8) is 0 Å². The Labute approximate surface area is 145 Å². The van der Waals surface area contributed by atoms with Gasteiger partial charge in [0.15, 0.2) is 0 Å². The molecule has 3 aromatic rings. The Morgan fingerprint density at radius 1 is 1.08 bits per heavy atom. The quantitative estimate of drug-likeness (QED) is 0.622. The van der Waals surface area contributed by atoms with Gasteiger partial charge in [0.05, 0.1) is 19.2 Å². The van der Waals surface area contributed by atoms with Gasteiger partial charge < -0.3 is 14.0 Å². The number of carbonyl (C=O) groups excluding carboxylic acids is 1. The topological polar surface area (TPSA) is 40.5 Å². The molecule has 0 radical (unpaired) electrons. The number of fused-ring (bicyclic) bond motifs is 1. The van der Waals surface area contributed by atoms with Crippen molar-refractivity contribution in [3.8, 4) is 11.5 Å². The first-order valence-electron chi connectivity index (χ1n) is 7.66. The highest BCUT2D eigenvalue weighted by atomic mass is 35.5. The minimum Gasteiger partial charge on any atom is -0.497 e. The highest BCUT2D eigenvalue weighted by Crippen LogP contribution is 2.27. The number of ether oxygens (including phenoxy) is 2. The number of para-hydroxylation sites is 1. The fraction of sp³-hybridized carbons (Fsp3) is 0.211. The molecule has 0 aliphatic heterocycles. The Balaban J connectivity index is 1.80. The van der Waals surface area contributed by atoms with Gasteiger partial charge in [-0.2, -0.15) is 0 Å². The summed E-state index contributed by atoms with van der Waals surface area (Å²) >= 11 is 5.76. The molecule has 0 N–H and O–H groups in total. The summed E-state index contributed by atoms with van der Waals surface area (Å²) in [6.07, 6.45) is 0. The summed E-state index contributed by atoms with van der Waals surface area (Å²) in [5.74, 6) is 1.57. The zero-order valence-corrected chi connectivity index (χ0v) is 14.3. The first-order valence-corrected chi connectivity index (χ1v) is 8.04. The zero-order chi connectivity index (χ0) is 17.1. The first-order chi connectivity index (χ1) is 11.6. The smallest absolute Gasteiger partial charge is 0.254 e. The number of nitrogens with zero attached hydrogens (tertiary/aromatic N) is 1. The molecular formula is C19H18ClNO3. The molecule has 0 amide bonds. The highest BCUT2D eigenvalue weighted by Gasteiger charge is 2.17. The maximum absolute atomic E-state index is 11.8. The van der Waals surface area contributed by atoms with Crippen molar-refractivity contribution in [1.82, 2.24) is 4.57 Å². The molecule has 1 aromatic heterocycles. The van der Waals surface area contributed by atoms with Crippen molar-refractivity contribution < 1.29 is 14.3 Å². The van der Waals surface area contributed by atoms with Gasteiger partial charge in [0.1, 0.15) is 18.1 Å². The van der Waals surface area contributed by atoms with Crippen LogP contribution in [0, 0.1) is 6.92 Å². The predicted octanol–water partition coefficient (Wildman–Crippen LogP) is 4.42. The summed E-state index contributed by atoms with van der Waals surface area (Å²) < 4.78 is 13.0. The Bertz CT molecular complexity index is 868. The summed E-state index contributed by atoms with van der Waals surface area (Å²) in [6, 6.07) is 15.2. The predicted molar refractivity (Wildman–Crippen MR) is 95.3 cm³/mol. The molecule has 0 aliphatic rings. The van der Waals surface area contributed by atoms with E-state index in [4.69, 9.17) is 21.1 Å². The molecular weight excluding hydrogens is 326 g/mol. The molecule has 2 aromatic carbocycles. The van der Waals surface area contributed by atoms with Crippen LogP contribution in [-0.4, -0.2) is 23.5 Å². The van der Waals surface area contributed by atoms with Crippen molar-refractivity contribution >= 4 is 27.7 Å². The zero-order valence-electron chi connectivity index (χ0n) is 13.6. The van der Waals surface area contributed by atoms with Crippen molar-refractivity contribution in [2.75, 3.05) is 13.7 Å². The van der Waals surface area contributed by atoms with Gasteiger partial charge in [-0.15, -0.1) is 0 Å². The number of hydrogen-bond acceptors (Lipinski definition) is 3. The summed E-state index contributed by atoms with van der Waals surface area (Å²) in [5.41, 5.74) is 2.41. The second kappa shape index (κ2) is 6.97.